The monoisotopic (exact) mass is 293 g/mol. The number of para-hydroxylation sites is 1. The molecule has 0 saturated carbocycles. The first-order chi connectivity index (χ1) is 10.1. The Labute approximate surface area is 125 Å². The molecule has 1 atom stereocenters. The standard InChI is InChI=1S/C15H23N3O3/c1-11(10-16)9-14(19)18-13-6-4-3-5-12(13)15(20)17-7-8-21-2/h3-6,11H,7-10,16H2,1-2H3,(H,17,20)(H,18,19). The molecule has 0 aliphatic carbocycles. The summed E-state index contributed by atoms with van der Waals surface area (Å²) in [6.45, 7) is 3.21. The minimum atomic E-state index is -0.241. The van der Waals surface area contributed by atoms with Crippen molar-refractivity contribution < 1.29 is 14.3 Å². The molecule has 4 N–H and O–H groups in total. The number of rotatable bonds is 8. The maximum Gasteiger partial charge on any atom is 0.253 e. The van der Waals surface area contributed by atoms with Crippen LogP contribution in [0.5, 0.6) is 0 Å². The molecule has 1 aromatic rings. The van der Waals surface area contributed by atoms with Gasteiger partial charge in [-0.15, -0.1) is 0 Å². The van der Waals surface area contributed by atoms with Gasteiger partial charge in [0.25, 0.3) is 5.91 Å². The van der Waals surface area contributed by atoms with Gasteiger partial charge in [-0.3, -0.25) is 9.59 Å². The molecule has 6 nitrogen and oxygen atoms in total. The molecule has 0 saturated heterocycles. The highest BCUT2D eigenvalue weighted by Crippen LogP contribution is 2.16. The summed E-state index contributed by atoms with van der Waals surface area (Å²) in [4.78, 5) is 24.0. The molecule has 0 aliphatic rings. The number of methoxy groups -OCH3 is 1. The topological polar surface area (TPSA) is 93.5 Å². The third-order valence-corrected chi connectivity index (χ3v) is 2.97. The molecule has 0 spiro atoms. The molecule has 21 heavy (non-hydrogen) atoms. The van der Waals surface area contributed by atoms with Crippen LogP contribution in [0.2, 0.25) is 0 Å². The van der Waals surface area contributed by atoms with E-state index in [-0.39, 0.29) is 17.7 Å². The molecule has 0 radical (unpaired) electrons. The maximum atomic E-state index is 12.1. The Balaban J connectivity index is 2.70. The molecule has 1 unspecified atom stereocenters. The summed E-state index contributed by atoms with van der Waals surface area (Å²) in [6.07, 6.45) is 0.329. The van der Waals surface area contributed by atoms with Crippen molar-refractivity contribution in [3.63, 3.8) is 0 Å². The summed E-state index contributed by atoms with van der Waals surface area (Å²) in [5.74, 6) is -0.285. The summed E-state index contributed by atoms with van der Waals surface area (Å²) in [5, 5.41) is 5.49. The molecule has 1 rings (SSSR count). The molecule has 1 aromatic carbocycles. The van der Waals surface area contributed by atoms with E-state index in [1.165, 1.54) is 0 Å². The van der Waals surface area contributed by atoms with E-state index in [0.717, 1.165) is 0 Å². The highest BCUT2D eigenvalue weighted by atomic mass is 16.5. The van der Waals surface area contributed by atoms with Crippen LogP contribution in [0.3, 0.4) is 0 Å². The van der Waals surface area contributed by atoms with Crippen LogP contribution in [-0.4, -0.2) is 38.6 Å². The molecule has 0 aliphatic heterocycles. The zero-order valence-corrected chi connectivity index (χ0v) is 12.5. The van der Waals surface area contributed by atoms with E-state index in [0.29, 0.717) is 37.4 Å². The molecule has 0 heterocycles. The fraction of sp³-hybridized carbons (Fsp3) is 0.467. The van der Waals surface area contributed by atoms with Crippen molar-refractivity contribution >= 4 is 17.5 Å². The summed E-state index contributed by atoms with van der Waals surface area (Å²) in [5.41, 5.74) is 6.44. The van der Waals surface area contributed by atoms with Crippen molar-refractivity contribution in [1.82, 2.24) is 5.32 Å². The fourth-order valence-corrected chi connectivity index (χ4v) is 1.75. The maximum absolute atomic E-state index is 12.1. The number of carbonyl (C=O) groups is 2. The number of amides is 2. The quantitative estimate of drug-likeness (QED) is 0.623. The number of hydrogen-bond acceptors (Lipinski definition) is 4. The van der Waals surface area contributed by atoms with Crippen LogP contribution in [0.4, 0.5) is 5.69 Å². The Kier molecular flexibility index (Phi) is 7.42. The average Bonchev–Trinajstić information content (AvgIpc) is 2.47. The van der Waals surface area contributed by atoms with Crippen molar-refractivity contribution in [3.05, 3.63) is 29.8 Å². The summed E-state index contributed by atoms with van der Waals surface area (Å²) in [7, 11) is 1.57. The number of ether oxygens (including phenoxy) is 1. The van der Waals surface area contributed by atoms with Crippen LogP contribution < -0.4 is 16.4 Å². The number of nitrogens with two attached hydrogens (primary N) is 1. The van der Waals surface area contributed by atoms with Crippen molar-refractivity contribution in [2.24, 2.45) is 11.7 Å². The number of benzene rings is 1. The lowest BCUT2D eigenvalue weighted by atomic mass is 10.1. The summed E-state index contributed by atoms with van der Waals surface area (Å²) < 4.78 is 4.88. The Morgan fingerprint density at radius 3 is 2.71 bits per heavy atom. The lowest BCUT2D eigenvalue weighted by Gasteiger charge is -2.13. The van der Waals surface area contributed by atoms with Crippen LogP contribution in [-0.2, 0) is 9.53 Å². The minimum absolute atomic E-state index is 0.104. The summed E-state index contributed by atoms with van der Waals surface area (Å²) in [6, 6.07) is 6.90. The van der Waals surface area contributed by atoms with Crippen molar-refractivity contribution in [3.8, 4) is 0 Å². The molecule has 0 aromatic heterocycles. The molecular weight excluding hydrogens is 270 g/mol. The van der Waals surface area contributed by atoms with E-state index in [1.54, 1.807) is 31.4 Å². The minimum Gasteiger partial charge on any atom is -0.383 e. The van der Waals surface area contributed by atoms with E-state index >= 15 is 0 Å². The van der Waals surface area contributed by atoms with Crippen LogP contribution in [0.15, 0.2) is 24.3 Å². The number of hydrogen-bond donors (Lipinski definition) is 3. The predicted molar refractivity (Wildman–Crippen MR) is 82.1 cm³/mol. The highest BCUT2D eigenvalue weighted by molar-refractivity contribution is 6.03. The van der Waals surface area contributed by atoms with Gasteiger partial charge in [0.1, 0.15) is 0 Å². The second-order valence-corrected chi connectivity index (χ2v) is 4.89. The summed E-state index contributed by atoms with van der Waals surface area (Å²) >= 11 is 0. The van der Waals surface area contributed by atoms with Gasteiger partial charge >= 0.3 is 0 Å². The first kappa shape index (κ1) is 17.1. The Morgan fingerprint density at radius 2 is 2.05 bits per heavy atom. The number of carbonyl (C=O) groups excluding carboxylic acids is 2. The Morgan fingerprint density at radius 1 is 1.33 bits per heavy atom. The zero-order chi connectivity index (χ0) is 15.7. The number of anilines is 1. The van der Waals surface area contributed by atoms with Gasteiger partial charge in [0.15, 0.2) is 0 Å². The van der Waals surface area contributed by atoms with Crippen LogP contribution in [0.1, 0.15) is 23.7 Å². The van der Waals surface area contributed by atoms with Crippen LogP contribution in [0, 0.1) is 5.92 Å². The zero-order valence-electron chi connectivity index (χ0n) is 12.5. The van der Waals surface area contributed by atoms with Gasteiger partial charge in [-0.25, -0.2) is 0 Å². The van der Waals surface area contributed by atoms with E-state index in [4.69, 9.17) is 10.5 Å². The second-order valence-electron chi connectivity index (χ2n) is 4.89. The van der Waals surface area contributed by atoms with Gasteiger partial charge in [0.05, 0.1) is 17.9 Å². The van der Waals surface area contributed by atoms with Crippen LogP contribution in [0.25, 0.3) is 0 Å². The van der Waals surface area contributed by atoms with Crippen molar-refractivity contribution in [2.45, 2.75) is 13.3 Å². The lowest BCUT2D eigenvalue weighted by Crippen LogP contribution is -2.28. The number of nitrogens with one attached hydrogen (secondary N) is 2. The van der Waals surface area contributed by atoms with Crippen molar-refractivity contribution in [1.29, 1.82) is 0 Å². The molecule has 116 valence electrons. The second kappa shape index (κ2) is 9.10. The van der Waals surface area contributed by atoms with Gasteiger partial charge in [-0.05, 0) is 24.6 Å². The van der Waals surface area contributed by atoms with Gasteiger partial charge in [0, 0.05) is 20.1 Å². The molecule has 0 fully saturated rings. The van der Waals surface area contributed by atoms with E-state index in [2.05, 4.69) is 10.6 Å². The third-order valence-electron chi connectivity index (χ3n) is 2.97. The van der Waals surface area contributed by atoms with Gasteiger partial charge in [-0.1, -0.05) is 19.1 Å². The predicted octanol–water partition coefficient (Wildman–Crippen LogP) is 0.986. The van der Waals surface area contributed by atoms with Crippen molar-refractivity contribution in [2.75, 3.05) is 32.1 Å². The highest BCUT2D eigenvalue weighted by Gasteiger charge is 2.14. The fourth-order valence-electron chi connectivity index (χ4n) is 1.75. The van der Waals surface area contributed by atoms with Gasteiger partial charge in [0.2, 0.25) is 5.91 Å². The average molecular weight is 293 g/mol. The lowest BCUT2D eigenvalue weighted by molar-refractivity contribution is -0.116. The molecule has 2 amide bonds. The molecule has 6 heteroatoms. The Bertz CT molecular complexity index is 477. The van der Waals surface area contributed by atoms with Crippen LogP contribution >= 0.6 is 0 Å². The largest absolute Gasteiger partial charge is 0.383 e. The van der Waals surface area contributed by atoms with E-state index in [1.807, 2.05) is 6.92 Å². The Hall–Kier alpha value is -1.92. The van der Waals surface area contributed by atoms with E-state index < -0.39 is 0 Å². The normalized spacial score (nSPS) is 11.8. The third kappa shape index (κ3) is 5.93. The first-order valence-electron chi connectivity index (χ1n) is 6.94. The van der Waals surface area contributed by atoms with Gasteiger partial charge < -0.3 is 21.1 Å². The van der Waals surface area contributed by atoms with E-state index in [9.17, 15) is 9.59 Å². The molecular formula is C15H23N3O3. The molecule has 0 bridgehead atoms. The SMILES string of the molecule is COCCNC(=O)c1ccccc1NC(=O)CC(C)CN. The first-order valence-corrected chi connectivity index (χ1v) is 6.94. The smallest absolute Gasteiger partial charge is 0.253 e. The van der Waals surface area contributed by atoms with Gasteiger partial charge in [-0.2, -0.15) is 0 Å².